The van der Waals surface area contributed by atoms with Gasteiger partial charge in [0.15, 0.2) is 0 Å². The molecule has 0 spiro atoms. The van der Waals surface area contributed by atoms with Gasteiger partial charge in [-0.2, -0.15) is 0 Å². The van der Waals surface area contributed by atoms with Gasteiger partial charge in [-0.05, 0) is 42.0 Å². The molecule has 182 valence electrons. The van der Waals surface area contributed by atoms with Gasteiger partial charge in [-0.15, -0.1) is 0 Å². The van der Waals surface area contributed by atoms with Crippen LogP contribution in [0.4, 0.5) is 0 Å². The Bertz CT molecular complexity index is 1440. The Kier molecular flexibility index (Phi) is 7.57. The van der Waals surface area contributed by atoms with Crippen molar-refractivity contribution in [3.8, 4) is 5.75 Å². The summed E-state index contributed by atoms with van der Waals surface area (Å²) in [7, 11) is 0. The second kappa shape index (κ2) is 11.5. The van der Waals surface area contributed by atoms with Gasteiger partial charge in [0.2, 0.25) is 5.91 Å². The van der Waals surface area contributed by atoms with E-state index in [1.54, 1.807) is 0 Å². The molecule has 1 heterocycles. The number of amides is 1. The molecule has 1 aromatic heterocycles. The zero-order valence-electron chi connectivity index (χ0n) is 20.4. The largest absolute Gasteiger partial charge is 0.493 e. The van der Waals surface area contributed by atoms with E-state index in [9.17, 15) is 4.79 Å². The number of imidazole rings is 1. The molecule has 0 bridgehead atoms. The Hall–Kier alpha value is -4.12. The maximum Gasteiger partial charge on any atom is 0.224 e. The van der Waals surface area contributed by atoms with Crippen molar-refractivity contribution in [3.63, 3.8) is 0 Å². The summed E-state index contributed by atoms with van der Waals surface area (Å²) in [6, 6.07) is 32.6. The number of carbonyl (C=O) groups excluding carboxylic acids is 1. The van der Waals surface area contributed by atoms with Crippen LogP contribution in [0.1, 0.15) is 24.2 Å². The van der Waals surface area contributed by atoms with Crippen LogP contribution < -0.4 is 10.1 Å². The molecule has 0 aliphatic heterocycles. The Morgan fingerprint density at radius 2 is 1.61 bits per heavy atom. The molecule has 0 saturated carbocycles. The lowest BCUT2D eigenvalue weighted by atomic mass is 10.1. The summed E-state index contributed by atoms with van der Waals surface area (Å²) in [5, 5.41) is 5.37. The van der Waals surface area contributed by atoms with E-state index in [1.165, 1.54) is 5.39 Å². The third kappa shape index (κ3) is 5.74. The van der Waals surface area contributed by atoms with Crippen molar-refractivity contribution in [2.24, 2.45) is 0 Å². The first kappa shape index (κ1) is 23.6. The standard InChI is InChI=1S/C31H31N3O2/c35-31(23-24-11-2-1-3-12-24)32-20-9-19-30-33-27-16-6-7-17-28(27)34(30)21-10-22-36-29-18-8-14-25-13-4-5-15-26(25)29/h1-8,11-18H,9-10,19-23H2,(H,32,35). The van der Waals surface area contributed by atoms with E-state index < -0.39 is 0 Å². The number of aryl methyl sites for hydroxylation is 2. The summed E-state index contributed by atoms with van der Waals surface area (Å²) in [5.41, 5.74) is 3.18. The minimum absolute atomic E-state index is 0.0558. The molecule has 0 unspecified atom stereocenters. The zero-order valence-corrected chi connectivity index (χ0v) is 20.4. The van der Waals surface area contributed by atoms with Crippen molar-refractivity contribution in [2.75, 3.05) is 13.2 Å². The highest BCUT2D eigenvalue weighted by atomic mass is 16.5. The van der Waals surface area contributed by atoms with Crippen LogP contribution in [0.25, 0.3) is 21.8 Å². The van der Waals surface area contributed by atoms with Gasteiger partial charge < -0.3 is 14.6 Å². The summed E-state index contributed by atoms with van der Waals surface area (Å²) >= 11 is 0. The number of nitrogens with one attached hydrogen (secondary N) is 1. The Balaban J connectivity index is 1.16. The highest BCUT2D eigenvalue weighted by molar-refractivity contribution is 5.88. The molecule has 1 N–H and O–H groups in total. The molecule has 0 saturated heterocycles. The number of hydrogen-bond donors (Lipinski definition) is 1. The van der Waals surface area contributed by atoms with E-state index in [2.05, 4.69) is 46.3 Å². The first-order valence-electron chi connectivity index (χ1n) is 12.6. The Labute approximate surface area is 211 Å². The topological polar surface area (TPSA) is 56.2 Å². The fourth-order valence-corrected chi connectivity index (χ4v) is 4.61. The quantitative estimate of drug-likeness (QED) is 0.239. The zero-order chi connectivity index (χ0) is 24.6. The Morgan fingerprint density at radius 3 is 2.53 bits per heavy atom. The normalized spacial score (nSPS) is 11.1. The molecule has 36 heavy (non-hydrogen) atoms. The van der Waals surface area contributed by atoms with Gasteiger partial charge in [0, 0.05) is 24.9 Å². The second-order valence-corrected chi connectivity index (χ2v) is 8.96. The smallest absolute Gasteiger partial charge is 0.224 e. The predicted molar refractivity (Wildman–Crippen MR) is 145 cm³/mol. The number of aromatic nitrogens is 2. The minimum atomic E-state index is 0.0558. The highest BCUT2D eigenvalue weighted by Crippen LogP contribution is 2.25. The summed E-state index contributed by atoms with van der Waals surface area (Å²) in [5.74, 6) is 2.04. The summed E-state index contributed by atoms with van der Waals surface area (Å²) in [6.07, 6.45) is 2.95. The molecular formula is C31H31N3O2. The van der Waals surface area contributed by atoms with E-state index in [0.29, 0.717) is 19.6 Å². The first-order chi connectivity index (χ1) is 17.8. The van der Waals surface area contributed by atoms with E-state index in [0.717, 1.165) is 59.4 Å². The molecule has 0 fully saturated rings. The van der Waals surface area contributed by atoms with Gasteiger partial charge >= 0.3 is 0 Å². The number of benzene rings is 4. The molecule has 5 aromatic rings. The number of ether oxygens (including phenoxy) is 1. The number of rotatable bonds is 11. The van der Waals surface area contributed by atoms with Crippen LogP contribution in [0.15, 0.2) is 97.1 Å². The third-order valence-electron chi connectivity index (χ3n) is 6.37. The van der Waals surface area contributed by atoms with Crippen molar-refractivity contribution in [1.29, 1.82) is 0 Å². The van der Waals surface area contributed by atoms with Crippen molar-refractivity contribution < 1.29 is 9.53 Å². The average molecular weight is 478 g/mol. The van der Waals surface area contributed by atoms with Crippen LogP contribution in [0.2, 0.25) is 0 Å². The molecular weight excluding hydrogens is 446 g/mol. The van der Waals surface area contributed by atoms with Gasteiger partial charge in [0.1, 0.15) is 11.6 Å². The lowest BCUT2D eigenvalue weighted by Gasteiger charge is -2.12. The number of fused-ring (bicyclic) bond motifs is 2. The fraction of sp³-hybridized carbons (Fsp3) is 0.226. The predicted octanol–water partition coefficient (Wildman–Crippen LogP) is 5.95. The van der Waals surface area contributed by atoms with Crippen molar-refractivity contribution >= 4 is 27.7 Å². The van der Waals surface area contributed by atoms with Crippen molar-refractivity contribution in [3.05, 3.63) is 108 Å². The monoisotopic (exact) mass is 477 g/mol. The molecule has 4 aromatic carbocycles. The Morgan fingerprint density at radius 1 is 0.833 bits per heavy atom. The number of para-hydroxylation sites is 2. The lowest BCUT2D eigenvalue weighted by Crippen LogP contribution is -2.26. The van der Waals surface area contributed by atoms with Gasteiger partial charge in [-0.1, -0.05) is 78.9 Å². The van der Waals surface area contributed by atoms with E-state index in [-0.39, 0.29) is 5.91 Å². The summed E-state index contributed by atoms with van der Waals surface area (Å²) < 4.78 is 8.46. The van der Waals surface area contributed by atoms with Crippen LogP contribution in [-0.4, -0.2) is 28.6 Å². The number of hydrogen-bond acceptors (Lipinski definition) is 3. The number of nitrogens with zero attached hydrogens (tertiary/aromatic N) is 2. The van der Waals surface area contributed by atoms with Crippen LogP contribution in [0.3, 0.4) is 0 Å². The number of carbonyl (C=O) groups is 1. The maximum atomic E-state index is 12.3. The van der Waals surface area contributed by atoms with E-state index >= 15 is 0 Å². The molecule has 0 radical (unpaired) electrons. The van der Waals surface area contributed by atoms with E-state index in [1.807, 2.05) is 60.7 Å². The summed E-state index contributed by atoms with van der Waals surface area (Å²) in [6.45, 7) is 2.11. The fourth-order valence-electron chi connectivity index (χ4n) is 4.61. The SMILES string of the molecule is O=C(Cc1ccccc1)NCCCc1nc2ccccc2n1CCCOc1cccc2ccccc12. The molecule has 5 nitrogen and oxygen atoms in total. The second-order valence-electron chi connectivity index (χ2n) is 8.96. The van der Waals surface area contributed by atoms with Crippen molar-refractivity contribution in [1.82, 2.24) is 14.9 Å². The molecule has 5 heteroatoms. The molecule has 0 atom stereocenters. The van der Waals surface area contributed by atoms with Gasteiger partial charge in [-0.25, -0.2) is 4.98 Å². The lowest BCUT2D eigenvalue weighted by molar-refractivity contribution is -0.120. The van der Waals surface area contributed by atoms with Crippen LogP contribution >= 0.6 is 0 Å². The maximum absolute atomic E-state index is 12.3. The highest BCUT2D eigenvalue weighted by Gasteiger charge is 2.11. The van der Waals surface area contributed by atoms with E-state index in [4.69, 9.17) is 9.72 Å². The van der Waals surface area contributed by atoms with Crippen LogP contribution in [-0.2, 0) is 24.2 Å². The first-order valence-corrected chi connectivity index (χ1v) is 12.6. The van der Waals surface area contributed by atoms with Gasteiger partial charge in [-0.3, -0.25) is 4.79 Å². The summed E-state index contributed by atoms with van der Waals surface area (Å²) in [4.78, 5) is 17.1. The van der Waals surface area contributed by atoms with Crippen LogP contribution in [0.5, 0.6) is 5.75 Å². The third-order valence-corrected chi connectivity index (χ3v) is 6.37. The minimum Gasteiger partial charge on any atom is -0.493 e. The average Bonchev–Trinajstić information content (AvgIpc) is 3.27. The van der Waals surface area contributed by atoms with Gasteiger partial charge in [0.05, 0.1) is 24.1 Å². The molecule has 5 rings (SSSR count). The van der Waals surface area contributed by atoms with Crippen molar-refractivity contribution in [2.45, 2.75) is 32.2 Å². The molecule has 0 aliphatic carbocycles. The van der Waals surface area contributed by atoms with Gasteiger partial charge in [0.25, 0.3) is 0 Å². The molecule has 1 amide bonds. The molecule has 0 aliphatic rings. The van der Waals surface area contributed by atoms with Crippen LogP contribution in [0, 0.1) is 0 Å².